The van der Waals surface area contributed by atoms with Crippen molar-refractivity contribution < 1.29 is 9.13 Å². The lowest BCUT2D eigenvalue weighted by Gasteiger charge is -2.13. The van der Waals surface area contributed by atoms with Gasteiger partial charge in [-0.1, -0.05) is 34.8 Å². The molecule has 0 heterocycles. The van der Waals surface area contributed by atoms with E-state index in [0.717, 1.165) is 6.07 Å². The van der Waals surface area contributed by atoms with Crippen molar-refractivity contribution in [2.75, 3.05) is 18.2 Å². The summed E-state index contributed by atoms with van der Waals surface area (Å²) < 4.78 is 18.4. The van der Waals surface area contributed by atoms with E-state index in [1.54, 1.807) is 6.07 Å². The number of hydrogen-bond acceptors (Lipinski definition) is 3. The van der Waals surface area contributed by atoms with Crippen LogP contribution in [-0.4, -0.2) is 7.11 Å². The summed E-state index contributed by atoms with van der Waals surface area (Å²) in [6.45, 7) is 0. The molecule has 7 heteroatoms. The van der Waals surface area contributed by atoms with Crippen molar-refractivity contribution in [3.8, 4) is 5.75 Å². The number of benzene rings is 2. The van der Waals surface area contributed by atoms with Crippen molar-refractivity contribution in [3.05, 3.63) is 45.2 Å². The average Bonchev–Trinajstić information content (AvgIpc) is 2.38. The maximum absolute atomic E-state index is 13.5. The van der Waals surface area contributed by atoms with Gasteiger partial charge in [0.05, 0.1) is 39.2 Å². The Balaban J connectivity index is 2.42. The molecule has 3 N–H and O–H groups in total. The number of nitrogens with two attached hydrogens (primary N) is 1. The SMILES string of the molecule is COc1cc(Nc2cc(Cl)c(Cl)cc2Cl)c(N)cc1F. The topological polar surface area (TPSA) is 47.3 Å². The van der Waals surface area contributed by atoms with Crippen molar-refractivity contribution >= 4 is 51.9 Å². The number of methoxy groups -OCH3 is 1. The first-order chi connectivity index (χ1) is 9.42. The zero-order chi connectivity index (χ0) is 14.9. The summed E-state index contributed by atoms with van der Waals surface area (Å²) >= 11 is 17.8. The van der Waals surface area contributed by atoms with Crippen LogP contribution in [0.5, 0.6) is 5.75 Å². The van der Waals surface area contributed by atoms with Gasteiger partial charge in [0.2, 0.25) is 0 Å². The number of halogens is 4. The lowest BCUT2D eigenvalue weighted by Crippen LogP contribution is -2.00. The molecule has 3 nitrogen and oxygen atoms in total. The minimum atomic E-state index is -0.546. The zero-order valence-electron chi connectivity index (χ0n) is 10.3. The molecule has 2 aromatic rings. The quantitative estimate of drug-likeness (QED) is 0.604. The normalized spacial score (nSPS) is 10.4. The first kappa shape index (κ1) is 15.0. The van der Waals surface area contributed by atoms with Crippen LogP contribution in [-0.2, 0) is 0 Å². The fourth-order valence-electron chi connectivity index (χ4n) is 1.60. The number of nitrogens with one attached hydrogen (secondary N) is 1. The number of anilines is 3. The molecule has 0 atom stereocenters. The maximum Gasteiger partial charge on any atom is 0.167 e. The highest BCUT2D eigenvalue weighted by molar-refractivity contribution is 6.44. The molecule has 0 aliphatic carbocycles. The van der Waals surface area contributed by atoms with Crippen LogP contribution in [0, 0.1) is 5.82 Å². The van der Waals surface area contributed by atoms with Gasteiger partial charge >= 0.3 is 0 Å². The predicted molar refractivity (Wildman–Crippen MR) is 82.1 cm³/mol. The molecule has 0 aromatic heterocycles. The number of hydrogen-bond donors (Lipinski definition) is 2. The van der Waals surface area contributed by atoms with E-state index in [1.165, 1.54) is 19.2 Å². The van der Waals surface area contributed by atoms with E-state index < -0.39 is 5.82 Å². The van der Waals surface area contributed by atoms with Crippen molar-refractivity contribution in [3.63, 3.8) is 0 Å². The number of rotatable bonds is 3. The number of ether oxygens (including phenoxy) is 1. The monoisotopic (exact) mass is 334 g/mol. The van der Waals surface area contributed by atoms with Gasteiger partial charge in [-0.05, 0) is 12.1 Å². The standard InChI is InChI=1S/C13H10Cl3FN2O/c1-20-13-5-12(10(18)4-9(13)17)19-11-3-7(15)6(14)2-8(11)16/h2-5,19H,18H2,1H3. The highest BCUT2D eigenvalue weighted by atomic mass is 35.5. The second-order valence-electron chi connectivity index (χ2n) is 3.95. The highest BCUT2D eigenvalue weighted by Gasteiger charge is 2.11. The maximum atomic E-state index is 13.5. The van der Waals surface area contributed by atoms with Crippen molar-refractivity contribution in [1.82, 2.24) is 0 Å². The van der Waals surface area contributed by atoms with Crippen LogP contribution in [0.15, 0.2) is 24.3 Å². The van der Waals surface area contributed by atoms with E-state index in [-0.39, 0.29) is 11.4 Å². The summed E-state index contributed by atoms with van der Waals surface area (Å²) in [6.07, 6.45) is 0. The lowest BCUT2D eigenvalue weighted by atomic mass is 10.2. The molecule has 0 saturated heterocycles. The third-order valence-corrected chi connectivity index (χ3v) is 3.64. The smallest absolute Gasteiger partial charge is 0.167 e. The second kappa shape index (κ2) is 5.95. The van der Waals surface area contributed by atoms with E-state index in [9.17, 15) is 4.39 Å². The fraction of sp³-hybridized carbons (Fsp3) is 0.0769. The summed E-state index contributed by atoms with van der Waals surface area (Å²) in [6, 6.07) is 5.66. The predicted octanol–water partition coefficient (Wildman–Crippen LogP) is 5.12. The van der Waals surface area contributed by atoms with Gasteiger partial charge in [0.1, 0.15) is 0 Å². The minimum absolute atomic E-state index is 0.0675. The van der Waals surface area contributed by atoms with Gasteiger partial charge < -0.3 is 15.8 Å². The summed E-state index contributed by atoms with van der Waals surface area (Å²) in [5.74, 6) is -0.478. The molecule has 2 aromatic carbocycles. The molecule has 106 valence electrons. The van der Waals surface area contributed by atoms with Crippen LogP contribution in [0.4, 0.5) is 21.5 Å². The largest absolute Gasteiger partial charge is 0.494 e. The van der Waals surface area contributed by atoms with E-state index in [1.807, 2.05) is 0 Å². The number of nitrogen functional groups attached to an aromatic ring is 1. The molecular weight excluding hydrogens is 326 g/mol. The van der Waals surface area contributed by atoms with Crippen LogP contribution in [0.3, 0.4) is 0 Å². The molecule has 2 rings (SSSR count). The third-order valence-electron chi connectivity index (χ3n) is 2.60. The molecule has 0 amide bonds. The summed E-state index contributed by atoms with van der Waals surface area (Å²) in [5, 5.41) is 4.01. The van der Waals surface area contributed by atoms with Crippen LogP contribution in [0.25, 0.3) is 0 Å². The third kappa shape index (κ3) is 3.03. The Kier molecular flexibility index (Phi) is 4.48. The summed E-state index contributed by atoms with van der Waals surface area (Å²) in [4.78, 5) is 0. The van der Waals surface area contributed by atoms with Crippen LogP contribution < -0.4 is 15.8 Å². The van der Waals surface area contributed by atoms with Gasteiger partial charge in [-0.15, -0.1) is 0 Å². The Labute approximate surface area is 130 Å². The van der Waals surface area contributed by atoms with E-state index in [0.29, 0.717) is 26.4 Å². The lowest BCUT2D eigenvalue weighted by molar-refractivity contribution is 0.387. The zero-order valence-corrected chi connectivity index (χ0v) is 12.6. The molecule has 0 aliphatic rings. The fourth-order valence-corrected chi connectivity index (χ4v) is 2.19. The van der Waals surface area contributed by atoms with Gasteiger partial charge in [0, 0.05) is 12.1 Å². The van der Waals surface area contributed by atoms with Crippen LogP contribution in [0.2, 0.25) is 15.1 Å². The van der Waals surface area contributed by atoms with Gasteiger partial charge in [-0.25, -0.2) is 4.39 Å². The molecule has 0 radical (unpaired) electrons. The second-order valence-corrected chi connectivity index (χ2v) is 5.17. The van der Waals surface area contributed by atoms with Crippen LogP contribution >= 0.6 is 34.8 Å². The van der Waals surface area contributed by atoms with Crippen molar-refractivity contribution in [2.45, 2.75) is 0 Å². The molecular formula is C13H10Cl3FN2O. The molecule has 0 saturated carbocycles. The van der Waals surface area contributed by atoms with Gasteiger partial charge in [-0.3, -0.25) is 0 Å². The summed E-state index contributed by atoms with van der Waals surface area (Å²) in [5.41, 5.74) is 6.91. The Morgan fingerprint density at radius 2 is 1.65 bits per heavy atom. The van der Waals surface area contributed by atoms with Gasteiger partial charge in [0.25, 0.3) is 0 Å². The highest BCUT2D eigenvalue weighted by Crippen LogP contribution is 2.36. The first-order valence-electron chi connectivity index (χ1n) is 5.47. The van der Waals surface area contributed by atoms with E-state index in [4.69, 9.17) is 45.3 Å². The summed E-state index contributed by atoms with van der Waals surface area (Å²) in [7, 11) is 1.37. The van der Waals surface area contributed by atoms with E-state index >= 15 is 0 Å². The molecule has 0 spiro atoms. The first-order valence-corrected chi connectivity index (χ1v) is 6.60. The van der Waals surface area contributed by atoms with Crippen molar-refractivity contribution in [2.24, 2.45) is 0 Å². The molecule has 0 bridgehead atoms. The minimum Gasteiger partial charge on any atom is -0.494 e. The van der Waals surface area contributed by atoms with Crippen LogP contribution in [0.1, 0.15) is 0 Å². The Bertz CT molecular complexity index is 665. The average molecular weight is 336 g/mol. The van der Waals surface area contributed by atoms with Gasteiger partial charge in [-0.2, -0.15) is 0 Å². The molecule has 0 unspecified atom stereocenters. The molecule has 20 heavy (non-hydrogen) atoms. The van der Waals surface area contributed by atoms with E-state index in [2.05, 4.69) is 5.32 Å². The Hall–Kier alpha value is -1.36. The van der Waals surface area contributed by atoms with Crippen molar-refractivity contribution in [1.29, 1.82) is 0 Å². The molecule has 0 aliphatic heterocycles. The Morgan fingerprint density at radius 3 is 2.30 bits per heavy atom. The Morgan fingerprint density at radius 1 is 1.00 bits per heavy atom. The molecule has 0 fully saturated rings. The van der Waals surface area contributed by atoms with Gasteiger partial charge in [0.15, 0.2) is 11.6 Å².